The Bertz CT molecular complexity index is 935. The van der Waals surface area contributed by atoms with Gasteiger partial charge < -0.3 is 20.1 Å². The highest BCUT2D eigenvalue weighted by Gasteiger charge is 2.13. The highest BCUT2D eigenvalue weighted by molar-refractivity contribution is 6.32. The van der Waals surface area contributed by atoms with Crippen molar-refractivity contribution < 1.29 is 19.1 Å². The molecule has 0 atom stereocenters. The summed E-state index contributed by atoms with van der Waals surface area (Å²) in [4.78, 5) is 24.1. The van der Waals surface area contributed by atoms with Crippen LogP contribution in [0.15, 0.2) is 54.2 Å². The van der Waals surface area contributed by atoms with Gasteiger partial charge in [0.05, 0.1) is 30.5 Å². The van der Waals surface area contributed by atoms with E-state index in [0.29, 0.717) is 22.1 Å². The molecule has 2 N–H and O–H groups in total. The van der Waals surface area contributed by atoms with Crippen LogP contribution in [0.3, 0.4) is 0 Å². The smallest absolute Gasteiger partial charge is 0.339 e. The minimum absolute atomic E-state index is 0.193. The summed E-state index contributed by atoms with van der Waals surface area (Å²) in [6.07, 6.45) is 1.21. The molecule has 27 heavy (non-hydrogen) atoms. The van der Waals surface area contributed by atoms with E-state index in [1.54, 1.807) is 42.5 Å². The first-order valence-electron chi connectivity index (χ1n) is 7.69. The van der Waals surface area contributed by atoms with Gasteiger partial charge in [-0.05, 0) is 30.3 Å². The van der Waals surface area contributed by atoms with Gasteiger partial charge in [0.25, 0.3) is 5.91 Å². The molecule has 0 aliphatic heterocycles. The van der Waals surface area contributed by atoms with Gasteiger partial charge in [-0.25, -0.2) is 4.79 Å². The van der Waals surface area contributed by atoms with E-state index in [1.807, 2.05) is 0 Å². The summed E-state index contributed by atoms with van der Waals surface area (Å²) >= 11 is 6.02. The molecule has 2 aromatic rings. The number of methoxy groups -OCH3 is 2. The van der Waals surface area contributed by atoms with Crippen LogP contribution in [0.5, 0.6) is 5.75 Å². The average Bonchev–Trinajstić information content (AvgIpc) is 2.68. The molecule has 1 amide bonds. The number of para-hydroxylation sites is 1. The molecule has 0 spiro atoms. The van der Waals surface area contributed by atoms with Gasteiger partial charge >= 0.3 is 5.97 Å². The van der Waals surface area contributed by atoms with E-state index in [-0.39, 0.29) is 11.1 Å². The maximum absolute atomic E-state index is 12.3. The number of hydrogen-bond donors (Lipinski definition) is 2. The van der Waals surface area contributed by atoms with Gasteiger partial charge in [-0.2, -0.15) is 5.26 Å². The first-order valence-corrected chi connectivity index (χ1v) is 8.07. The Hall–Kier alpha value is -3.50. The van der Waals surface area contributed by atoms with Crippen LogP contribution in [-0.4, -0.2) is 26.1 Å². The molecular formula is C19H16ClN3O4. The zero-order chi connectivity index (χ0) is 19.8. The van der Waals surface area contributed by atoms with Crippen molar-refractivity contribution in [3.05, 3.63) is 64.8 Å². The van der Waals surface area contributed by atoms with Crippen molar-refractivity contribution in [2.75, 3.05) is 24.9 Å². The minimum atomic E-state index is -0.637. The number of rotatable bonds is 6. The highest BCUT2D eigenvalue weighted by atomic mass is 35.5. The summed E-state index contributed by atoms with van der Waals surface area (Å²) < 4.78 is 9.74. The number of esters is 1. The molecule has 138 valence electrons. The molecule has 0 radical (unpaired) electrons. The van der Waals surface area contributed by atoms with Crippen molar-refractivity contribution in [2.24, 2.45) is 0 Å². The van der Waals surface area contributed by atoms with Crippen LogP contribution >= 0.6 is 11.6 Å². The Morgan fingerprint density at radius 2 is 1.93 bits per heavy atom. The number of ether oxygens (including phenoxy) is 2. The molecule has 0 bridgehead atoms. The number of nitriles is 1. The fraction of sp³-hybridized carbons (Fsp3) is 0.105. The number of nitrogens with one attached hydrogen (secondary N) is 2. The number of carbonyl (C=O) groups is 2. The van der Waals surface area contributed by atoms with E-state index in [0.717, 1.165) is 0 Å². The maximum Gasteiger partial charge on any atom is 0.339 e. The molecular weight excluding hydrogens is 370 g/mol. The van der Waals surface area contributed by atoms with E-state index in [1.165, 1.54) is 26.5 Å². The van der Waals surface area contributed by atoms with Gasteiger partial charge in [0, 0.05) is 11.9 Å². The lowest BCUT2D eigenvalue weighted by atomic mass is 10.2. The Balaban J connectivity index is 2.17. The van der Waals surface area contributed by atoms with Crippen LogP contribution in [-0.2, 0) is 9.53 Å². The second-order valence-corrected chi connectivity index (χ2v) is 5.56. The summed E-state index contributed by atoms with van der Waals surface area (Å²) in [7, 11) is 2.75. The fourth-order valence-corrected chi connectivity index (χ4v) is 2.40. The summed E-state index contributed by atoms with van der Waals surface area (Å²) in [6.45, 7) is 0. The number of amides is 1. The van der Waals surface area contributed by atoms with E-state index in [2.05, 4.69) is 10.6 Å². The Morgan fingerprint density at radius 3 is 2.56 bits per heavy atom. The van der Waals surface area contributed by atoms with Crippen molar-refractivity contribution in [3.63, 3.8) is 0 Å². The molecule has 7 nitrogen and oxygen atoms in total. The minimum Gasteiger partial charge on any atom is -0.495 e. The number of halogens is 1. The summed E-state index contributed by atoms with van der Waals surface area (Å²) in [5.41, 5.74) is 0.886. The van der Waals surface area contributed by atoms with Gasteiger partial charge in [-0.1, -0.05) is 23.7 Å². The second kappa shape index (κ2) is 9.27. The normalized spacial score (nSPS) is 10.5. The first-order chi connectivity index (χ1) is 13.0. The van der Waals surface area contributed by atoms with E-state index in [9.17, 15) is 14.9 Å². The number of hydrogen-bond acceptors (Lipinski definition) is 6. The number of benzene rings is 2. The second-order valence-electron chi connectivity index (χ2n) is 5.15. The van der Waals surface area contributed by atoms with Gasteiger partial charge in [0.1, 0.15) is 17.4 Å². The molecule has 0 saturated carbocycles. The molecule has 2 aromatic carbocycles. The van der Waals surface area contributed by atoms with E-state index in [4.69, 9.17) is 21.1 Å². The maximum atomic E-state index is 12.3. The SMILES string of the molecule is COC(=O)c1ccccc1N/C=C(/C#N)C(=O)Nc1ccc(OC)c(Cl)c1. The standard InChI is InChI=1S/C19H16ClN3O4/c1-26-17-8-7-13(9-15(17)20)23-18(24)12(10-21)11-22-16-6-4-3-5-14(16)19(25)27-2/h3-9,11,22H,1-2H3,(H,23,24)/b12-11-. The van der Waals surface area contributed by atoms with E-state index >= 15 is 0 Å². The van der Waals surface area contributed by atoms with Crippen LogP contribution in [0, 0.1) is 11.3 Å². The molecule has 0 unspecified atom stereocenters. The molecule has 0 heterocycles. The number of carbonyl (C=O) groups excluding carboxylic acids is 2. The van der Waals surface area contributed by atoms with Gasteiger partial charge in [-0.15, -0.1) is 0 Å². The molecule has 0 fully saturated rings. The predicted octanol–water partition coefficient (Wildman–Crippen LogP) is 3.59. The lowest BCUT2D eigenvalue weighted by molar-refractivity contribution is -0.112. The van der Waals surface area contributed by atoms with Crippen LogP contribution < -0.4 is 15.4 Å². The largest absolute Gasteiger partial charge is 0.495 e. The predicted molar refractivity (Wildman–Crippen MR) is 102 cm³/mol. The molecule has 2 rings (SSSR count). The molecule has 0 aliphatic rings. The summed E-state index contributed by atoms with van der Waals surface area (Å²) in [5, 5.41) is 14.9. The first kappa shape index (κ1) is 19.8. The van der Waals surface area contributed by atoms with Gasteiger partial charge in [-0.3, -0.25) is 4.79 Å². The Morgan fingerprint density at radius 1 is 1.19 bits per heavy atom. The van der Waals surface area contributed by atoms with Crippen molar-refractivity contribution in [1.29, 1.82) is 5.26 Å². The van der Waals surface area contributed by atoms with Crippen molar-refractivity contribution in [2.45, 2.75) is 0 Å². The third-order valence-electron chi connectivity index (χ3n) is 3.48. The van der Waals surface area contributed by atoms with Crippen LogP contribution in [0.4, 0.5) is 11.4 Å². The summed E-state index contributed by atoms with van der Waals surface area (Å²) in [6, 6.07) is 13.1. The third kappa shape index (κ3) is 5.00. The zero-order valence-corrected chi connectivity index (χ0v) is 15.3. The molecule has 0 aliphatic carbocycles. The van der Waals surface area contributed by atoms with Crippen LogP contribution in [0.25, 0.3) is 0 Å². The quantitative estimate of drug-likeness (QED) is 0.447. The molecule has 0 aromatic heterocycles. The fourth-order valence-electron chi connectivity index (χ4n) is 2.14. The lowest BCUT2D eigenvalue weighted by Crippen LogP contribution is -2.15. The zero-order valence-electron chi connectivity index (χ0n) is 14.6. The lowest BCUT2D eigenvalue weighted by Gasteiger charge is -2.09. The Kier molecular flexibility index (Phi) is 6.80. The third-order valence-corrected chi connectivity index (χ3v) is 3.77. The van der Waals surface area contributed by atoms with Crippen LogP contribution in [0.1, 0.15) is 10.4 Å². The van der Waals surface area contributed by atoms with Crippen molar-refractivity contribution in [3.8, 4) is 11.8 Å². The van der Waals surface area contributed by atoms with Crippen LogP contribution in [0.2, 0.25) is 5.02 Å². The van der Waals surface area contributed by atoms with Gasteiger partial charge in [0.15, 0.2) is 0 Å². The summed E-state index contributed by atoms with van der Waals surface area (Å²) in [5.74, 6) is -0.712. The highest BCUT2D eigenvalue weighted by Crippen LogP contribution is 2.27. The monoisotopic (exact) mass is 385 g/mol. The average molecular weight is 386 g/mol. The number of nitrogens with zero attached hydrogens (tertiary/aromatic N) is 1. The van der Waals surface area contributed by atoms with Crippen molar-refractivity contribution in [1.82, 2.24) is 0 Å². The molecule has 0 saturated heterocycles. The van der Waals surface area contributed by atoms with E-state index < -0.39 is 11.9 Å². The Labute approximate surface area is 161 Å². The number of anilines is 2. The topological polar surface area (TPSA) is 100 Å². The molecule has 8 heteroatoms. The van der Waals surface area contributed by atoms with Gasteiger partial charge in [0.2, 0.25) is 0 Å². The van der Waals surface area contributed by atoms with Crippen molar-refractivity contribution >= 4 is 34.9 Å².